The van der Waals surface area contributed by atoms with Crippen molar-refractivity contribution in [3.8, 4) is 5.75 Å². The van der Waals surface area contributed by atoms with Gasteiger partial charge in [0.15, 0.2) is 0 Å². The molecule has 1 heterocycles. The van der Waals surface area contributed by atoms with Crippen LogP contribution >= 0.6 is 0 Å². The Morgan fingerprint density at radius 1 is 1.38 bits per heavy atom. The standard InChI is InChI=1S/C11H13NO3S/c1-15-10-3-2-4-11-9(10)7-8(5-6-12)16(11,13)14/h2-4,7H,5-6,12H2,1H3. The molecule has 2 N–H and O–H groups in total. The van der Waals surface area contributed by atoms with E-state index in [-0.39, 0.29) is 0 Å². The minimum atomic E-state index is -3.34. The van der Waals surface area contributed by atoms with Gasteiger partial charge >= 0.3 is 0 Å². The molecule has 0 aromatic heterocycles. The van der Waals surface area contributed by atoms with E-state index in [0.29, 0.717) is 34.1 Å². The summed E-state index contributed by atoms with van der Waals surface area (Å²) < 4.78 is 29.3. The van der Waals surface area contributed by atoms with Crippen LogP contribution in [-0.2, 0) is 9.84 Å². The molecule has 4 nitrogen and oxygen atoms in total. The van der Waals surface area contributed by atoms with Crippen LogP contribution in [0.15, 0.2) is 28.0 Å². The van der Waals surface area contributed by atoms with Crippen molar-refractivity contribution in [1.82, 2.24) is 0 Å². The van der Waals surface area contributed by atoms with E-state index < -0.39 is 9.84 Å². The Balaban J connectivity index is 2.62. The molecule has 0 bridgehead atoms. The Morgan fingerprint density at radius 3 is 2.75 bits per heavy atom. The first kappa shape index (κ1) is 11.2. The van der Waals surface area contributed by atoms with Gasteiger partial charge in [0.25, 0.3) is 0 Å². The minimum absolute atomic E-state index is 0.315. The molecule has 0 unspecified atom stereocenters. The molecule has 0 fully saturated rings. The molecule has 1 aliphatic rings. The lowest BCUT2D eigenvalue weighted by atomic mass is 10.2. The van der Waals surface area contributed by atoms with Gasteiger partial charge in [0.05, 0.1) is 16.9 Å². The lowest BCUT2D eigenvalue weighted by Gasteiger charge is -2.04. The Labute approximate surface area is 94.6 Å². The maximum atomic E-state index is 12.1. The van der Waals surface area contributed by atoms with E-state index in [1.165, 1.54) is 7.11 Å². The first-order valence-electron chi connectivity index (χ1n) is 4.94. The third kappa shape index (κ3) is 1.52. The second-order valence-electron chi connectivity index (χ2n) is 3.52. The molecule has 0 spiro atoms. The van der Waals surface area contributed by atoms with Crippen LogP contribution in [0, 0.1) is 0 Å². The number of methoxy groups -OCH3 is 1. The summed E-state index contributed by atoms with van der Waals surface area (Å²) in [4.78, 5) is 0.685. The zero-order chi connectivity index (χ0) is 11.8. The second-order valence-corrected chi connectivity index (χ2v) is 5.50. The summed E-state index contributed by atoms with van der Waals surface area (Å²) in [5.41, 5.74) is 6.03. The highest BCUT2D eigenvalue weighted by Gasteiger charge is 2.30. The SMILES string of the molecule is COc1cccc2c1C=C(CCN)S2(=O)=O. The maximum absolute atomic E-state index is 12.1. The molecule has 1 aromatic rings. The molecule has 0 saturated heterocycles. The van der Waals surface area contributed by atoms with Crippen molar-refractivity contribution in [1.29, 1.82) is 0 Å². The Morgan fingerprint density at radius 2 is 2.12 bits per heavy atom. The molecule has 0 amide bonds. The van der Waals surface area contributed by atoms with E-state index >= 15 is 0 Å². The molecular weight excluding hydrogens is 226 g/mol. The van der Waals surface area contributed by atoms with E-state index in [1.807, 2.05) is 0 Å². The van der Waals surface area contributed by atoms with Crippen LogP contribution in [0.2, 0.25) is 0 Å². The van der Waals surface area contributed by atoms with Gasteiger partial charge in [-0.15, -0.1) is 0 Å². The van der Waals surface area contributed by atoms with Gasteiger partial charge in [-0.05, 0) is 31.2 Å². The van der Waals surface area contributed by atoms with Gasteiger partial charge in [0.1, 0.15) is 5.75 Å². The summed E-state index contributed by atoms with van der Waals surface area (Å²) in [5.74, 6) is 0.577. The minimum Gasteiger partial charge on any atom is -0.496 e. The summed E-state index contributed by atoms with van der Waals surface area (Å²) in [6.07, 6.45) is 2.01. The third-order valence-corrected chi connectivity index (χ3v) is 4.52. The molecule has 2 rings (SSSR count). The quantitative estimate of drug-likeness (QED) is 0.859. The molecule has 86 valence electrons. The van der Waals surface area contributed by atoms with Crippen molar-refractivity contribution >= 4 is 15.9 Å². The second kappa shape index (κ2) is 3.92. The first-order chi connectivity index (χ1) is 7.61. The van der Waals surface area contributed by atoms with Crippen LogP contribution in [0.5, 0.6) is 5.75 Å². The molecule has 0 aliphatic carbocycles. The van der Waals surface area contributed by atoms with Crippen LogP contribution in [-0.4, -0.2) is 22.1 Å². The highest BCUT2D eigenvalue weighted by molar-refractivity contribution is 7.95. The van der Waals surface area contributed by atoms with E-state index in [0.717, 1.165) is 0 Å². The Kier molecular flexibility index (Phi) is 2.73. The summed E-state index contributed by atoms with van der Waals surface area (Å²) in [5, 5.41) is 0. The van der Waals surface area contributed by atoms with E-state index in [9.17, 15) is 8.42 Å². The van der Waals surface area contributed by atoms with Gasteiger partial charge in [-0.3, -0.25) is 0 Å². The fraction of sp³-hybridized carbons (Fsp3) is 0.273. The fourth-order valence-electron chi connectivity index (χ4n) is 1.81. The van der Waals surface area contributed by atoms with Crippen molar-refractivity contribution in [2.24, 2.45) is 5.73 Å². The zero-order valence-electron chi connectivity index (χ0n) is 8.93. The topological polar surface area (TPSA) is 69.4 Å². The highest BCUT2D eigenvalue weighted by Crippen LogP contribution is 2.38. The van der Waals surface area contributed by atoms with Crippen molar-refractivity contribution in [3.63, 3.8) is 0 Å². The Bertz CT molecular complexity index is 546. The Hall–Kier alpha value is -1.33. The van der Waals surface area contributed by atoms with E-state index in [2.05, 4.69) is 0 Å². The lowest BCUT2D eigenvalue weighted by Crippen LogP contribution is -2.06. The first-order valence-corrected chi connectivity index (χ1v) is 6.42. The average Bonchev–Trinajstić information content (AvgIpc) is 2.52. The zero-order valence-corrected chi connectivity index (χ0v) is 9.75. The predicted molar refractivity (Wildman–Crippen MR) is 61.8 cm³/mol. The molecule has 16 heavy (non-hydrogen) atoms. The molecule has 0 atom stereocenters. The third-order valence-electron chi connectivity index (χ3n) is 2.58. The number of rotatable bonds is 3. The van der Waals surface area contributed by atoms with E-state index in [1.54, 1.807) is 24.3 Å². The highest BCUT2D eigenvalue weighted by atomic mass is 32.2. The lowest BCUT2D eigenvalue weighted by molar-refractivity contribution is 0.412. The molecular formula is C11H13NO3S. The number of benzene rings is 1. The summed E-state index contributed by atoms with van der Waals surface area (Å²) in [6.45, 7) is 0.321. The summed E-state index contributed by atoms with van der Waals surface area (Å²) in [6, 6.07) is 5.01. The monoisotopic (exact) mass is 239 g/mol. The van der Waals surface area contributed by atoms with Gasteiger partial charge in [-0.1, -0.05) is 6.07 Å². The number of hydrogen-bond donors (Lipinski definition) is 1. The summed E-state index contributed by atoms with van der Waals surface area (Å²) >= 11 is 0. The van der Waals surface area contributed by atoms with Crippen LogP contribution in [0.25, 0.3) is 6.08 Å². The van der Waals surface area contributed by atoms with Crippen molar-refractivity contribution in [2.75, 3.05) is 13.7 Å². The normalized spacial score (nSPS) is 16.8. The molecule has 0 saturated carbocycles. The van der Waals surface area contributed by atoms with Crippen molar-refractivity contribution in [2.45, 2.75) is 11.3 Å². The maximum Gasteiger partial charge on any atom is 0.203 e. The van der Waals surface area contributed by atoms with Gasteiger partial charge in [0.2, 0.25) is 9.84 Å². The summed E-state index contributed by atoms with van der Waals surface area (Å²) in [7, 11) is -1.82. The number of fused-ring (bicyclic) bond motifs is 1. The predicted octanol–water partition coefficient (Wildman–Crippen LogP) is 1.17. The largest absolute Gasteiger partial charge is 0.496 e. The number of nitrogens with two attached hydrogens (primary N) is 1. The van der Waals surface area contributed by atoms with Crippen LogP contribution in [0.3, 0.4) is 0 Å². The number of sulfone groups is 1. The number of hydrogen-bond acceptors (Lipinski definition) is 4. The molecule has 0 radical (unpaired) electrons. The molecule has 1 aliphatic heterocycles. The van der Waals surface area contributed by atoms with Crippen LogP contribution in [0.4, 0.5) is 0 Å². The average molecular weight is 239 g/mol. The molecule has 1 aromatic carbocycles. The van der Waals surface area contributed by atoms with Gasteiger partial charge < -0.3 is 10.5 Å². The fourth-order valence-corrected chi connectivity index (χ4v) is 3.46. The van der Waals surface area contributed by atoms with Crippen molar-refractivity contribution in [3.05, 3.63) is 28.7 Å². The van der Waals surface area contributed by atoms with Crippen LogP contribution in [0.1, 0.15) is 12.0 Å². The van der Waals surface area contributed by atoms with E-state index in [4.69, 9.17) is 10.5 Å². The van der Waals surface area contributed by atoms with Crippen molar-refractivity contribution < 1.29 is 13.2 Å². The van der Waals surface area contributed by atoms with Gasteiger partial charge in [-0.25, -0.2) is 8.42 Å². The van der Waals surface area contributed by atoms with Gasteiger partial charge in [-0.2, -0.15) is 0 Å². The van der Waals surface area contributed by atoms with Gasteiger partial charge in [0, 0.05) is 5.56 Å². The smallest absolute Gasteiger partial charge is 0.203 e. The molecule has 5 heteroatoms. The number of ether oxygens (including phenoxy) is 1. The van der Waals surface area contributed by atoms with Crippen LogP contribution < -0.4 is 10.5 Å².